The molecule has 27 heavy (non-hydrogen) atoms. The van der Waals surface area contributed by atoms with Crippen LogP contribution < -0.4 is 15.0 Å². The molecule has 0 saturated carbocycles. The summed E-state index contributed by atoms with van der Waals surface area (Å²) in [5, 5.41) is 2.69. The van der Waals surface area contributed by atoms with Crippen LogP contribution in [0.3, 0.4) is 0 Å². The van der Waals surface area contributed by atoms with Crippen LogP contribution in [0, 0.1) is 13.8 Å². The van der Waals surface area contributed by atoms with Crippen molar-refractivity contribution in [2.24, 2.45) is 0 Å². The van der Waals surface area contributed by atoms with Crippen molar-refractivity contribution in [1.82, 2.24) is 10.3 Å². The van der Waals surface area contributed by atoms with Crippen molar-refractivity contribution in [3.8, 4) is 17.0 Å². The third kappa shape index (κ3) is 4.02. The fourth-order valence-corrected chi connectivity index (χ4v) is 3.15. The quantitative estimate of drug-likeness (QED) is 0.877. The molecule has 1 N–H and O–H groups in total. The molecule has 3 rings (SSSR count). The summed E-state index contributed by atoms with van der Waals surface area (Å²) >= 11 is 0. The number of benzene rings is 1. The Kier molecular flexibility index (Phi) is 5.30. The highest BCUT2D eigenvalue weighted by Gasteiger charge is 2.33. The Morgan fingerprint density at radius 1 is 1.33 bits per heavy atom. The zero-order chi connectivity index (χ0) is 19.6. The van der Waals surface area contributed by atoms with Crippen molar-refractivity contribution >= 4 is 17.7 Å². The normalized spacial score (nSPS) is 16.2. The van der Waals surface area contributed by atoms with Gasteiger partial charge in [-0.05, 0) is 48.7 Å². The van der Waals surface area contributed by atoms with Gasteiger partial charge in [0.15, 0.2) is 0 Å². The van der Waals surface area contributed by atoms with Gasteiger partial charge in [-0.1, -0.05) is 0 Å². The average molecular weight is 369 g/mol. The molecule has 2 aromatic rings. The summed E-state index contributed by atoms with van der Waals surface area (Å²) in [4.78, 5) is 29.2. The second-order valence-electron chi connectivity index (χ2n) is 6.60. The SMILES string of the molecule is COc1ccc(-c2cc(C)c(N3CC(CNC(C)=O)OC3=O)cc2C)cn1. The van der Waals surface area contributed by atoms with Gasteiger partial charge in [-0.15, -0.1) is 0 Å². The fraction of sp³-hybridized carbons (Fsp3) is 0.350. The number of rotatable bonds is 5. The average Bonchev–Trinajstić information content (AvgIpc) is 3.02. The van der Waals surface area contributed by atoms with E-state index in [0.29, 0.717) is 19.0 Å². The molecule has 1 saturated heterocycles. The van der Waals surface area contributed by atoms with E-state index in [-0.39, 0.29) is 12.0 Å². The first kappa shape index (κ1) is 18.7. The number of aryl methyl sites for hydroxylation is 2. The molecule has 0 spiro atoms. The zero-order valence-electron chi connectivity index (χ0n) is 15.9. The van der Waals surface area contributed by atoms with E-state index in [2.05, 4.69) is 10.3 Å². The van der Waals surface area contributed by atoms with Crippen molar-refractivity contribution in [2.75, 3.05) is 25.1 Å². The van der Waals surface area contributed by atoms with Gasteiger partial charge in [0, 0.05) is 24.8 Å². The minimum atomic E-state index is -0.397. The molecule has 1 unspecified atom stereocenters. The molecule has 142 valence electrons. The van der Waals surface area contributed by atoms with Crippen molar-refractivity contribution in [1.29, 1.82) is 0 Å². The number of hydrogen-bond donors (Lipinski definition) is 1. The van der Waals surface area contributed by atoms with E-state index in [0.717, 1.165) is 27.9 Å². The monoisotopic (exact) mass is 369 g/mol. The van der Waals surface area contributed by atoms with Crippen molar-refractivity contribution in [3.63, 3.8) is 0 Å². The molecular formula is C20H23N3O4. The third-order valence-electron chi connectivity index (χ3n) is 4.54. The Hall–Kier alpha value is -3.09. The van der Waals surface area contributed by atoms with Crippen LogP contribution in [-0.4, -0.2) is 43.3 Å². The first-order valence-electron chi connectivity index (χ1n) is 8.73. The number of pyridine rings is 1. The van der Waals surface area contributed by atoms with Gasteiger partial charge in [0.25, 0.3) is 0 Å². The van der Waals surface area contributed by atoms with Crippen molar-refractivity contribution in [3.05, 3.63) is 41.6 Å². The van der Waals surface area contributed by atoms with Gasteiger partial charge in [-0.25, -0.2) is 9.78 Å². The van der Waals surface area contributed by atoms with E-state index in [1.54, 1.807) is 18.2 Å². The van der Waals surface area contributed by atoms with E-state index in [4.69, 9.17) is 9.47 Å². The number of nitrogens with zero attached hydrogens (tertiary/aromatic N) is 2. The lowest BCUT2D eigenvalue weighted by molar-refractivity contribution is -0.119. The Labute approximate surface area is 158 Å². The maximum atomic E-state index is 12.3. The largest absolute Gasteiger partial charge is 0.481 e. The Morgan fingerprint density at radius 2 is 2.11 bits per heavy atom. The van der Waals surface area contributed by atoms with Gasteiger partial charge >= 0.3 is 6.09 Å². The topological polar surface area (TPSA) is 80.8 Å². The van der Waals surface area contributed by atoms with Crippen LogP contribution in [0.15, 0.2) is 30.5 Å². The molecule has 1 aromatic carbocycles. The van der Waals surface area contributed by atoms with Crippen molar-refractivity contribution in [2.45, 2.75) is 26.9 Å². The number of aromatic nitrogens is 1. The molecule has 1 fully saturated rings. The van der Waals surface area contributed by atoms with E-state index >= 15 is 0 Å². The van der Waals surface area contributed by atoms with Gasteiger partial charge in [0.05, 0.1) is 25.9 Å². The van der Waals surface area contributed by atoms with Gasteiger partial charge in [-0.3, -0.25) is 9.69 Å². The van der Waals surface area contributed by atoms with Crippen LogP contribution in [0.1, 0.15) is 18.1 Å². The Balaban J connectivity index is 1.84. The zero-order valence-corrected chi connectivity index (χ0v) is 15.9. The summed E-state index contributed by atoms with van der Waals surface area (Å²) in [6, 6.07) is 7.81. The number of carbonyl (C=O) groups is 2. The van der Waals surface area contributed by atoms with Crippen LogP contribution in [0.25, 0.3) is 11.1 Å². The second kappa shape index (κ2) is 7.65. The lowest BCUT2D eigenvalue weighted by Gasteiger charge is -2.19. The van der Waals surface area contributed by atoms with E-state index in [9.17, 15) is 9.59 Å². The predicted molar refractivity (Wildman–Crippen MR) is 102 cm³/mol. The van der Waals surface area contributed by atoms with Crippen LogP contribution in [-0.2, 0) is 9.53 Å². The maximum absolute atomic E-state index is 12.3. The standard InChI is InChI=1S/C20H23N3O4/c1-12-8-18(23-11-16(27-20(23)25)10-21-14(3)24)13(2)7-17(12)15-5-6-19(26-4)22-9-15/h5-9,16H,10-11H2,1-4H3,(H,21,24). The number of amides is 2. The molecule has 7 heteroatoms. The number of hydrogen-bond acceptors (Lipinski definition) is 5. The maximum Gasteiger partial charge on any atom is 0.414 e. The fourth-order valence-electron chi connectivity index (χ4n) is 3.15. The third-order valence-corrected chi connectivity index (χ3v) is 4.54. The first-order chi connectivity index (χ1) is 12.9. The Bertz CT molecular complexity index is 864. The highest BCUT2D eigenvalue weighted by Crippen LogP contribution is 2.33. The smallest absolute Gasteiger partial charge is 0.414 e. The molecule has 0 bridgehead atoms. The van der Waals surface area contributed by atoms with E-state index in [1.807, 2.05) is 38.1 Å². The van der Waals surface area contributed by atoms with Crippen LogP contribution in [0.4, 0.5) is 10.5 Å². The lowest BCUT2D eigenvalue weighted by Crippen LogP contribution is -2.33. The second-order valence-corrected chi connectivity index (χ2v) is 6.60. The number of anilines is 1. The van der Waals surface area contributed by atoms with E-state index in [1.165, 1.54) is 6.92 Å². The number of ether oxygens (including phenoxy) is 2. The molecule has 7 nitrogen and oxygen atoms in total. The number of nitrogens with one attached hydrogen (secondary N) is 1. The molecule has 1 aliphatic heterocycles. The van der Waals surface area contributed by atoms with Crippen LogP contribution in [0.2, 0.25) is 0 Å². The molecule has 2 heterocycles. The number of cyclic esters (lactones) is 1. The molecule has 0 aliphatic carbocycles. The molecule has 0 radical (unpaired) electrons. The first-order valence-corrected chi connectivity index (χ1v) is 8.73. The van der Waals surface area contributed by atoms with Gasteiger partial charge < -0.3 is 14.8 Å². The summed E-state index contributed by atoms with van der Waals surface area (Å²) in [5.41, 5.74) is 4.83. The van der Waals surface area contributed by atoms with Gasteiger partial charge in [-0.2, -0.15) is 0 Å². The lowest BCUT2D eigenvalue weighted by atomic mass is 9.98. The highest BCUT2D eigenvalue weighted by atomic mass is 16.6. The highest BCUT2D eigenvalue weighted by molar-refractivity contribution is 5.91. The molecule has 1 aromatic heterocycles. The molecule has 2 amide bonds. The minimum absolute atomic E-state index is 0.144. The molecular weight excluding hydrogens is 346 g/mol. The summed E-state index contributed by atoms with van der Waals surface area (Å²) in [6.07, 6.45) is 1.02. The van der Waals surface area contributed by atoms with Crippen LogP contribution in [0.5, 0.6) is 5.88 Å². The number of carbonyl (C=O) groups excluding carboxylic acids is 2. The summed E-state index contributed by atoms with van der Waals surface area (Å²) < 4.78 is 10.5. The molecule has 1 atom stereocenters. The van der Waals surface area contributed by atoms with E-state index < -0.39 is 6.09 Å². The molecule has 1 aliphatic rings. The van der Waals surface area contributed by atoms with Crippen LogP contribution >= 0.6 is 0 Å². The Morgan fingerprint density at radius 3 is 2.74 bits per heavy atom. The van der Waals surface area contributed by atoms with Gasteiger partial charge in [0.2, 0.25) is 11.8 Å². The number of methoxy groups -OCH3 is 1. The summed E-state index contributed by atoms with van der Waals surface area (Å²) in [5.74, 6) is 0.420. The summed E-state index contributed by atoms with van der Waals surface area (Å²) in [7, 11) is 1.58. The van der Waals surface area contributed by atoms with Gasteiger partial charge in [0.1, 0.15) is 6.10 Å². The summed E-state index contributed by atoms with van der Waals surface area (Å²) in [6.45, 7) is 6.12. The van der Waals surface area contributed by atoms with Crippen molar-refractivity contribution < 1.29 is 19.1 Å². The minimum Gasteiger partial charge on any atom is -0.481 e. The predicted octanol–water partition coefficient (Wildman–Crippen LogP) is 2.84.